The first-order valence-corrected chi connectivity index (χ1v) is 9.98. The van der Waals surface area contributed by atoms with Gasteiger partial charge >= 0.3 is 0 Å². The summed E-state index contributed by atoms with van der Waals surface area (Å²) in [5, 5.41) is 3.63. The molecule has 5 unspecified atom stereocenters. The lowest BCUT2D eigenvalue weighted by Crippen LogP contribution is -2.33. The van der Waals surface area contributed by atoms with E-state index in [9.17, 15) is 8.42 Å². The van der Waals surface area contributed by atoms with Gasteiger partial charge in [-0.3, -0.25) is 0 Å². The molecule has 0 radical (unpaired) electrons. The molecular weight excluding hydrogens is 258 g/mol. The van der Waals surface area contributed by atoms with Gasteiger partial charge in [-0.15, -0.1) is 0 Å². The molecule has 3 rings (SSSR count). The Hall–Kier alpha value is -0.0900. The minimum atomic E-state index is -2.80. The standard InChI is InChI=1S/C15H27NO2S/c1-3-16-12(5-4-8-19(2,17)18)15-13-10-6-7-11(9-10)14(13)15/h10-16H,3-9H2,1-2H3. The Morgan fingerprint density at radius 2 is 1.84 bits per heavy atom. The fourth-order valence-corrected chi connectivity index (χ4v) is 5.88. The molecule has 0 aromatic carbocycles. The van der Waals surface area contributed by atoms with Crippen molar-refractivity contribution in [3.63, 3.8) is 0 Å². The Bertz CT molecular complexity index is 417. The molecule has 0 saturated heterocycles. The molecule has 1 N–H and O–H groups in total. The predicted octanol–water partition coefficient (Wildman–Crippen LogP) is 2.08. The highest BCUT2D eigenvalue weighted by Gasteiger charge is 2.66. The van der Waals surface area contributed by atoms with Gasteiger partial charge in [-0.1, -0.05) is 6.92 Å². The maximum absolute atomic E-state index is 11.2. The van der Waals surface area contributed by atoms with Gasteiger partial charge in [0, 0.05) is 18.1 Å². The van der Waals surface area contributed by atoms with Crippen LogP contribution >= 0.6 is 0 Å². The van der Waals surface area contributed by atoms with Crippen LogP contribution in [0, 0.1) is 29.6 Å². The first-order valence-electron chi connectivity index (χ1n) is 7.92. The van der Waals surface area contributed by atoms with Crippen molar-refractivity contribution in [3.05, 3.63) is 0 Å². The number of sulfone groups is 1. The highest BCUT2D eigenvalue weighted by molar-refractivity contribution is 7.90. The number of fused-ring (bicyclic) bond motifs is 5. The predicted molar refractivity (Wildman–Crippen MR) is 77.7 cm³/mol. The van der Waals surface area contributed by atoms with Gasteiger partial charge in [0.15, 0.2) is 0 Å². The first-order chi connectivity index (χ1) is 9.01. The maximum atomic E-state index is 11.2. The van der Waals surface area contributed by atoms with Crippen LogP contribution in [0.15, 0.2) is 0 Å². The second-order valence-electron chi connectivity index (χ2n) is 7.00. The Kier molecular flexibility index (Phi) is 3.67. The van der Waals surface area contributed by atoms with E-state index in [0.717, 1.165) is 49.0 Å². The van der Waals surface area contributed by atoms with Crippen LogP contribution < -0.4 is 5.32 Å². The van der Waals surface area contributed by atoms with E-state index in [1.165, 1.54) is 25.5 Å². The third-order valence-electron chi connectivity index (χ3n) is 5.76. The second-order valence-corrected chi connectivity index (χ2v) is 9.26. The SMILES string of the molecule is CCNC(CCCS(C)(=O)=O)C1C2C3CCC(C3)C21. The molecule has 3 fully saturated rings. The highest BCUT2D eigenvalue weighted by atomic mass is 32.2. The van der Waals surface area contributed by atoms with Crippen LogP contribution in [0.3, 0.4) is 0 Å². The fraction of sp³-hybridized carbons (Fsp3) is 1.00. The number of hydrogen-bond acceptors (Lipinski definition) is 3. The summed E-state index contributed by atoms with van der Waals surface area (Å²) in [6.07, 6.45) is 7.63. The van der Waals surface area contributed by atoms with Crippen LogP contribution in [0.1, 0.15) is 39.0 Å². The Morgan fingerprint density at radius 1 is 1.21 bits per heavy atom. The molecule has 3 aliphatic carbocycles. The smallest absolute Gasteiger partial charge is 0.147 e. The Balaban J connectivity index is 1.54. The molecule has 0 spiro atoms. The first kappa shape index (κ1) is 13.9. The second kappa shape index (κ2) is 5.03. The zero-order chi connectivity index (χ0) is 13.6. The molecule has 19 heavy (non-hydrogen) atoms. The third kappa shape index (κ3) is 2.71. The minimum absolute atomic E-state index is 0.351. The average molecular weight is 285 g/mol. The monoisotopic (exact) mass is 285 g/mol. The van der Waals surface area contributed by atoms with E-state index in [2.05, 4.69) is 12.2 Å². The zero-order valence-electron chi connectivity index (χ0n) is 12.1. The van der Waals surface area contributed by atoms with E-state index in [1.54, 1.807) is 0 Å². The van der Waals surface area contributed by atoms with Gasteiger partial charge in [0.05, 0.1) is 0 Å². The number of nitrogens with one attached hydrogen (secondary N) is 1. The van der Waals surface area contributed by atoms with E-state index >= 15 is 0 Å². The van der Waals surface area contributed by atoms with Crippen molar-refractivity contribution in [2.75, 3.05) is 18.6 Å². The quantitative estimate of drug-likeness (QED) is 0.779. The van der Waals surface area contributed by atoms with Crippen LogP contribution in [0.2, 0.25) is 0 Å². The summed E-state index contributed by atoms with van der Waals surface area (Å²) in [5.74, 6) is 5.21. The Morgan fingerprint density at radius 3 is 2.37 bits per heavy atom. The van der Waals surface area contributed by atoms with E-state index in [-0.39, 0.29) is 0 Å². The molecule has 0 amide bonds. The molecule has 110 valence electrons. The molecule has 0 aromatic heterocycles. The fourth-order valence-electron chi connectivity index (χ4n) is 5.19. The van der Waals surface area contributed by atoms with Gasteiger partial charge in [-0.2, -0.15) is 0 Å². The Labute approximate surface area is 117 Å². The molecule has 2 bridgehead atoms. The molecule has 3 nitrogen and oxygen atoms in total. The maximum Gasteiger partial charge on any atom is 0.147 e. The van der Waals surface area contributed by atoms with Gasteiger partial charge in [0.25, 0.3) is 0 Å². The summed E-state index contributed by atoms with van der Waals surface area (Å²) in [6, 6.07) is 0.574. The summed E-state index contributed by atoms with van der Waals surface area (Å²) in [7, 11) is -2.80. The van der Waals surface area contributed by atoms with E-state index < -0.39 is 9.84 Å². The molecule has 0 aliphatic heterocycles. The molecule has 3 saturated carbocycles. The van der Waals surface area contributed by atoms with E-state index in [1.807, 2.05) is 0 Å². The van der Waals surface area contributed by atoms with Gasteiger partial charge in [-0.25, -0.2) is 8.42 Å². The normalized spacial score (nSPS) is 41.3. The van der Waals surface area contributed by atoms with Crippen molar-refractivity contribution < 1.29 is 8.42 Å². The minimum Gasteiger partial charge on any atom is -0.314 e. The highest BCUT2D eigenvalue weighted by Crippen LogP contribution is 2.70. The van der Waals surface area contributed by atoms with Crippen LogP contribution in [0.4, 0.5) is 0 Å². The number of rotatable bonds is 7. The van der Waals surface area contributed by atoms with E-state index in [0.29, 0.717) is 11.8 Å². The zero-order valence-corrected chi connectivity index (χ0v) is 13.0. The largest absolute Gasteiger partial charge is 0.314 e. The molecule has 3 aliphatic rings. The van der Waals surface area contributed by atoms with Crippen molar-refractivity contribution in [1.82, 2.24) is 5.32 Å². The third-order valence-corrected chi connectivity index (χ3v) is 6.79. The van der Waals surface area contributed by atoms with Crippen LogP contribution in [-0.2, 0) is 9.84 Å². The molecule has 0 heterocycles. The van der Waals surface area contributed by atoms with Crippen LogP contribution in [-0.4, -0.2) is 33.0 Å². The van der Waals surface area contributed by atoms with Gasteiger partial charge < -0.3 is 5.32 Å². The summed E-state index contributed by atoms with van der Waals surface area (Å²) < 4.78 is 22.5. The lowest BCUT2D eigenvalue weighted by molar-refractivity contribution is 0.351. The number of hydrogen-bond donors (Lipinski definition) is 1. The topological polar surface area (TPSA) is 46.2 Å². The molecular formula is C15H27NO2S. The lowest BCUT2D eigenvalue weighted by atomic mass is 9.95. The van der Waals surface area contributed by atoms with Crippen LogP contribution in [0.5, 0.6) is 0 Å². The summed E-state index contributed by atoms with van der Waals surface area (Å²) in [5.41, 5.74) is 0. The van der Waals surface area contributed by atoms with Crippen molar-refractivity contribution in [2.24, 2.45) is 29.6 Å². The van der Waals surface area contributed by atoms with Gasteiger partial charge in [0.1, 0.15) is 9.84 Å². The van der Waals surface area contributed by atoms with Crippen LogP contribution in [0.25, 0.3) is 0 Å². The van der Waals surface area contributed by atoms with Crippen molar-refractivity contribution in [1.29, 1.82) is 0 Å². The van der Waals surface area contributed by atoms with Gasteiger partial charge in [-0.05, 0) is 68.2 Å². The van der Waals surface area contributed by atoms with Crippen molar-refractivity contribution in [3.8, 4) is 0 Å². The average Bonchev–Trinajstić information content (AvgIpc) is 2.74. The van der Waals surface area contributed by atoms with Crippen molar-refractivity contribution >= 4 is 9.84 Å². The van der Waals surface area contributed by atoms with Crippen molar-refractivity contribution in [2.45, 2.75) is 45.1 Å². The van der Waals surface area contributed by atoms with E-state index in [4.69, 9.17) is 0 Å². The lowest BCUT2D eigenvalue weighted by Gasteiger charge is -2.21. The molecule has 5 atom stereocenters. The summed E-state index contributed by atoms with van der Waals surface area (Å²) in [6.45, 7) is 3.17. The summed E-state index contributed by atoms with van der Waals surface area (Å²) in [4.78, 5) is 0. The summed E-state index contributed by atoms with van der Waals surface area (Å²) >= 11 is 0. The molecule has 0 aromatic rings. The molecule has 4 heteroatoms. The van der Waals surface area contributed by atoms with Gasteiger partial charge in [0.2, 0.25) is 0 Å².